The number of anilines is 1. The number of rotatable bonds is 5. The number of methoxy groups -OCH3 is 1. The Morgan fingerprint density at radius 2 is 2.33 bits per heavy atom. The van der Waals surface area contributed by atoms with Crippen LogP contribution in [0.15, 0.2) is 6.07 Å². The van der Waals surface area contributed by atoms with Gasteiger partial charge in [-0.3, -0.25) is 0 Å². The fourth-order valence-electron chi connectivity index (χ4n) is 2.49. The molecule has 4 nitrogen and oxygen atoms in total. The number of aromatic nitrogens is 2. The maximum absolute atomic E-state index is 6.01. The van der Waals surface area contributed by atoms with Gasteiger partial charge in [0.25, 0.3) is 0 Å². The van der Waals surface area contributed by atoms with E-state index >= 15 is 0 Å². The molecule has 18 heavy (non-hydrogen) atoms. The van der Waals surface area contributed by atoms with Crippen molar-refractivity contribution in [3.63, 3.8) is 0 Å². The Morgan fingerprint density at radius 1 is 1.50 bits per heavy atom. The minimum Gasteiger partial charge on any atom is -0.383 e. The SMILES string of the molecule is CCCc1cc(N2CCCC2COC)nc(Cl)n1. The summed E-state index contributed by atoms with van der Waals surface area (Å²) in [7, 11) is 1.74. The molecule has 0 aromatic carbocycles. The number of ether oxygens (including phenoxy) is 1. The summed E-state index contributed by atoms with van der Waals surface area (Å²) in [4.78, 5) is 10.9. The molecule has 1 fully saturated rings. The first-order valence-corrected chi connectivity index (χ1v) is 6.91. The molecule has 2 heterocycles. The zero-order valence-electron chi connectivity index (χ0n) is 11.0. The minimum absolute atomic E-state index is 0.346. The Kier molecular flexibility index (Phi) is 4.78. The van der Waals surface area contributed by atoms with Crippen molar-refractivity contribution in [3.8, 4) is 0 Å². The monoisotopic (exact) mass is 269 g/mol. The van der Waals surface area contributed by atoms with Crippen molar-refractivity contribution in [2.24, 2.45) is 0 Å². The third-order valence-corrected chi connectivity index (χ3v) is 3.44. The summed E-state index contributed by atoms with van der Waals surface area (Å²) in [6.45, 7) is 3.90. The molecular formula is C13H20ClN3O. The van der Waals surface area contributed by atoms with Crippen LogP contribution in [0.2, 0.25) is 5.28 Å². The van der Waals surface area contributed by atoms with Gasteiger partial charge in [-0.2, -0.15) is 0 Å². The van der Waals surface area contributed by atoms with Crippen molar-refractivity contribution >= 4 is 17.4 Å². The van der Waals surface area contributed by atoms with Gasteiger partial charge in [0.1, 0.15) is 5.82 Å². The standard InChI is InChI=1S/C13H20ClN3O/c1-3-5-10-8-12(16-13(14)15-10)17-7-4-6-11(17)9-18-2/h8,11H,3-7,9H2,1-2H3. The van der Waals surface area contributed by atoms with E-state index in [1.165, 1.54) is 6.42 Å². The number of hydrogen-bond acceptors (Lipinski definition) is 4. The van der Waals surface area contributed by atoms with Crippen LogP contribution in [-0.4, -0.2) is 36.3 Å². The Hall–Kier alpha value is -0.870. The quantitative estimate of drug-likeness (QED) is 0.771. The van der Waals surface area contributed by atoms with Gasteiger partial charge in [-0.1, -0.05) is 13.3 Å². The first kappa shape index (κ1) is 13.6. The lowest BCUT2D eigenvalue weighted by Crippen LogP contribution is -2.33. The molecule has 0 radical (unpaired) electrons. The van der Waals surface area contributed by atoms with Gasteiger partial charge < -0.3 is 9.64 Å². The molecule has 0 saturated carbocycles. The van der Waals surface area contributed by atoms with E-state index in [0.717, 1.165) is 43.9 Å². The maximum atomic E-state index is 6.01. The lowest BCUT2D eigenvalue weighted by Gasteiger charge is -2.25. The van der Waals surface area contributed by atoms with Crippen molar-refractivity contribution < 1.29 is 4.74 Å². The fourth-order valence-corrected chi connectivity index (χ4v) is 2.68. The van der Waals surface area contributed by atoms with E-state index in [-0.39, 0.29) is 0 Å². The average Bonchev–Trinajstić information content (AvgIpc) is 2.77. The Labute approximate surface area is 113 Å². The van der Waals surface area contributed by atoms with E-state index in [0.29, 0.717) is 11.3 Å². The molecule has 1 aromatic heterocycles. The fraction of sp³-hybridized carbons (Fsp3) is 0.692. The molecule has 1 aliphatic heterocycles. The molecule has 2 rings (SSSR count). The van der Waals surface area contributed by atoms with Crippen LogP contribution in [-0.2, 0) is 11.2 Å². The van der Waals surface area contributed by atoms with Crippen LogP contribution in [0.1, 0.15) is 31.9 Å². The second-order valence-corrected chi connectivity index (χ2v) is 5.02. The lowest BCUT2D eigenvalue weighted by molar-refractivity contribution is 0.180. The van der Waals surface area contributed by atoms with Gasteiger partial charge in [0.2, 0.25) is 5.28 Å². The third-order valence-electron chi connectivity index (χ3n) is 3.27. The first-order valence-electron chi connectivity index (χ1n) is 6.53. The molecule has 1 aromatic rings. The predicted molar refractivity (Wildman–Crippen MR) is 73.3 cm³/mol. The van der Waals surface area contributed by atoms with E-state index < -0.39 is 0 Å². The molecule has 0 aliphatic carbocycles. The van der Waals surface area contributed by atoms with Crippen molar-refractivity contribution in [1.82, 2.24) is 9.97 Å². The van der Waals surface area contributed by atoms with E-state index in [1.807, 2.05) is 0 Å². The van der Waals surface area contributed by atoms with Crippen LogP contribution in [0.4, 0.5) is 5.82 Å². The molecule has 1 atom stereocenters. The summed E-state index contributed by atoms with van der Waals surface area (Å²) in [5.74, 6) is 0.943. The number of nitrogens with zero attached hydrogens (tertiary/aromatic N) is 3. The highest BCUT2D eigenvalue weighted by molar-refractivity contribution is 6.28. The Morgan fingerprint density at radius 3 is 3.06 bits per heavy atom. The highest BCUT2D eigenvalue weighted by Crippen LogP contribution is 2.25. The van der Waals surface area contributed by atoms with E-state index in [2.05, 4.69) is 27.9 Å². The molecule has 0 N–H and O–H groups in total. The first-order chi connectivity index (χ1) is 8.74. The molecule has 0 amide bonds. The van der Waals surface area contributed by atoms with Crippen LogP contribution in [0.3, 0.4) is 0 Å². The zero-order valence-corrected chi connectivity index (χ0v) is 11.8. The van der Waals surface area contributed by atoms with E-state index in [1.54, 1.807) is 7.11 Å². The van der Waals surface area contributed by atoms with Crippen LogP contribution < -0.4 is 4.90 Å². The second kappa shape index (κ2) is 6.34. The van der Waals surface area contributed by atoms with Crippen LogP contribution in [0.5, 0.6) is 0 Å². The molecule has 0 spiro atoms. The van der Waals surface area contributed by atoms with Crippen molar-refractivity contribution in [1.29, 1.82) is 0 Å². The molecular weight excluding hydrogens is 250 g/mol. The summed E-state index contributed by atoms with van der Waals surface area (Å²) in [5.41, 5.74) is 1.02. The number of halogens is 1. The summed E-state index contributed by atoms with van der Waals surface area (Å²) in [6, 6.07) is 2.47. The van der Waals surface area contributed by atoms with Crippen molar-refractivity contribution in [2.75, 3.05) is 25.2 Å². The largest absolute Gasteiger partial charge is 0.383 e. The van der Waals surface area contributed by atoms with Crippen molar-refractivity contribution in [3.05, 3.63) is 17.0 Å². The summed E-state index contributed by atoms with van der Waals surface area (Å²) < 4.78 is 5.27. The number of hydrogen-bond donors (Lipinski definition) is 0. The molecule has 1 aliphatic rings. The number of aryl methyl sites for hydroxylation is 1. The van der Waals surface area contributed by atoms with Crippen molar-refractivity contribution in [2.45, 2.75) is 38.6 Å². The van der Waals surface area contributed by atoms with E-state index in [4.69, 9.17) is 16.3 Å². The normalized spacial score (nSPS) is 19.5. The van der Waals surface area contributed by atoms with Gasteiger partial charge in [0.05, 0.1) is 12.6 Å². The lowest BCUT2D eigenvalue weighted by atomic mass is 10.2. The van der Waals surface area contributed by atoms with Gasteiger partial charge in [-0.25, -0.2) is 9.97 Å². The molecule has 1 unspecified atom stereocenters. The van der Waals surface area contributed by atoms with Crippen LogP contribution >= 0.6 is 11.6 Å². The molecule has 5 heteroatoms. The highest BCUT2D eigenvalue weighted by Gasteiger charge is 2.26. The average molecular weight is 270 g/mol. The Bertz CT molecular complexity index is 400. The van der Waals surface area contributed by atoms with Gasteiger partial charge >= 0.3 is 0 Å². The van der Waals surface area contributed by atoms with Gasteiger partial charge in [-0.15, -0.1) is 0 Å². The third kappa shape index (κ3) is 3.12. The molecule has 1 saturated heterocycles. The van der Waals surface area contributed by atoms with Gasteiger partial charge in [-0.05, 0) is 30.9 Å². The highest BCUT2D eigenvalue weighted by atomic mass is 35.5. The van der Waals surface area contributed by atoms with Gasteiger partial charge in [0.15, 0.2) is 0 Å². The Balaban J connectivity index is 2.20. The zero-order chi connectivity index (χ0) is 13.0. The molecule has 0 bridgehead atoms. The smallest absolute Gasteiger partial charge is 0.224 e. The second-order valence-electron chi connectivity index (χ2n) is 4.68. The maximum Gasteiger partial charge on any atom is 0.224 e. The van der Waals surface area contributed by atoms with E-state index in [9.17, 15) is 0 Å². The molecule has 100 valence electrons. The topological polar surface area (TPSA) is 38.2 Å². The van der Waals surface area contributed by atoms with Gasteiger partial charge in [0, 0.05) is 25.4 Å². The van der Waals surface area contributed by atoms with Crippen LogP contribution in [0, 0.1) is 0 Å². The minimum atomic E-state index is 0.346. The summed E-state index contributed by atoms with van der Waals surface area (Å²) in [5, 5.41) is 0.346. The summed E-state index contributed by atoms with van der Waals surface area (Å²) in [6.07, 6.45) is 4.34. The predicted octanol–water partition coefficient (Wildman–Crippen LogP) is 2.70. The summed E-state index contributed by atoms with van der Waals surface area (Å²) >= 11 is 6.01. The van der Waals surface area contributed by atoms with Crippen LogP contribution in [0.25, 0.3) is 0 Å².